The quantitative estimate of drug-likeness (QED) is 0.697. The van der Waals surface area contributed by atoms with E-state index in [9.17, 15) is 4.79 Å². The standard InChI is InChI=1S/C24H32O3/c1-14-18(15(2)23(26-4)27-5)8-9-19-20-7-6-16-12-17(25)10-11-24(16,3)22(20)13-21(14)19/h8-9,12,15,20,22-23H,6-7,10-11,13H2,1-5H3/t15-,20?,22?,24-/m0/s1. The monoisotopic (exact) mass is 368 g/mol. The van der Waals surface area contributed by atoms with Crippen molar-refractivity contribution in [1.82, 2.24) is 0 Å². The molecule has 0 amide bonds. The Morgan fingerprint density at radius 3 is 2.63 bits per heavy atom. The van der Waals surface area contributed by atoms with E-state index in [4.69, 9.17) is 9.47 Å². The zero-order valence-corrected chi connectivity index (χ0v) is 17.3. The van der Waals surface area contributed by atoms with Crippen LogP contribution in [0, 0.1) is 18.3 Å². The van der Waals surface area contributed by atoms with Gasteiger partial charge in [-0.1, -0.05) is 31.6 Å². The van der Waals surface area contributed by atoms with E-state index < -0.39 is 0 Å². The van der Waals surface area contributed by atoms with Gasteiger partial charge in [-0.25, -0.2) is 0 Å². The predicted octanol–water partition coefficient (Wildman–Crippen LogP) is 5.06. The fourth-order valence-electron chi connectivity index (χ4n) is 6.23. The van der Waals surface area contributed by atoms with E-state index >= 15 is 0 Å². The fourth-order valence-corrected chi connectivity index (χ4v) is 6.23. The minimum Gasteiger partial charge on any atom is -0.355 e. The van der Waals surface area contributed by atoms with Crippen molar-refractivity contribution in [2.24, 2.45) is 11.3 Å². The van der Waals surface area contributed by atoms with Crippen molar-refractivity contribution in [3.63, 3.8) is 0 Å². The zero-order chi connectivity index (χ0) is 19.3. The molecule has 3 heteroatoms. The lowest BCUT2D eigenvalue weighted by Gasteiger charge is -2.47. The zero-order valence-electron chi connectivity index (χ0n) is 17.3. The summed E-state index contributed by atoms with van der Waals surface area (Å²) in [5.74, 6) is 1.80. The van der Waals surface area contributed by atoms with Gasteiger partial charge in [0.05, 0.1) is 0 Å². The molecule has 0 spiro atoms. The van der Waals surface area contributed by atoms with Gasteiger partial charge in [0.15, 0.2) is 12.1 Å². The molecule has 3 aliphatic carbocycles. The highest BCUT2D eigenvalue weighted by Crippen LogP contribution is 2.60. The third-order valence-electron chi connectivity index (χ3n) is 7.85. The summed E-state index contributed by atoms with van der Waals surface area (Å²) in [7, 11) is 3.42. The van der Waals surface area contributed by atoms with Crippen LogP contribution in [0.1, 0.15) is 73.6 Å². The Morgan fingerprint density at radius 1 is 1.19 bits per heavy atom. The van der Waals surface area contributed by atoms with E-state index in [1.54, 1.807) is 25.3 Å². The molecular formula is C24H32O3. The predicted molar refractivity (Wildman–Crippen MR) is 107 cm³/mol. The molecule has 3 aliphatic rings. The summed E-state index contributed by atoms with van der Waals surface area (Å²) < 4.78 is 11.0. The number of fused-ring (bicyclic) bond motifs is 5. The van der Waals surface area contributed by atoms with Crippen molar-refractivity contribution in [2.75, 3.05) is 14.2 Å². The van der Waals surface area contributed by atoms with Crippen LogP contribution in [0.4, 0.5) is 0 Å². The number of allylic oxidation sites excluding steroid dienone is 2. The second-order valence-corrected chi connectivity index (χ2v) is 8.99. The molecule has 0 radical (unpaired) electrons. The second-order valence-electron chi connectivity index (χ2n) is 8.99. The van der Waals surface area contributed by atoms with Crippen LogP contribution < -0.4 is 0 Å². The number of hydrogen-bond donors (Lipinski definition) is 0. The number of ketones is 1. The van der Waals surface area contributed by atoms with Crippen molar-refractivity contribution in [2.45, 2.75) is 71.0 Å². The maximum Gasteiger partial charge on any atom is 0.163 e. The van der Waals surface area contributed by atoms with Crippen molar-refractivity contribution in [1.29, 1.82) is 0 Å². The summed E-state index contributed by atoms with van der Waals surface area (Å²) in [6.07, 6.45) is 6.88. The number of carbonyl (C=O) groups is 1. The SMILES string of the molecule is COC(OC)[C@@H](C)c1ccc2c(c1C)CC1C2CCC2=CC(=O)CC[C@@]21C. The van der Waals surface area contributed by atoms with Crippen LogP contribution in [0.2, 0.25) is 0 Å². The van der Waals surface area contributed by atoms with E-state index in [-0.39, 0.29) is 17.6 Å². The Balaban J connectivity index is 1.71. The molecular weight excluding hydrogens is 336 g/mol. The maximum absolute atomic E-state index is 12.0. The molecule has 0 heterocycles. The molecule has 0 aromatic heterocycles. The largest absolute Gasteiger partial charge is 0.355 e. The molecule has 1 saturated carbocycles. The summed E-state index contributed by atoms with van der Waals surface area (Å²) in [6, 6.07) is 4.66. The average Bonchev–Trinajstić information content (AvgIpc) is 3.04. The Bertz CT molecular complexity index is 789. The molecule has 146 valence electrons. The van der Waals surface area contributed by atoms with Gasteiger partial charge in [0.1, 0.15) is 0 Å². The van der Waals surface area contributed by atoms with Gasteiger partial charge in [-0.15, -0.1) is 0 Å². The molecule has 0 bridgehead atoms. The van der Waals surface area contributed by atoms with Crippen LogP contribution in [0.15, 0.2) is 23.8 Å². The van der Waals surface area contributed by atoms with Gasteiger partial charge in [-0.3, -0.25) is 4.79 Å². The summed E-state index contributed by atoms with van der Waals surface area (Å²) in [4.78, 5) is 12.0. The molecule has 3 nitrogen and oxygen atoms in total. The van der Waals surface area contributed by atoms with Crippen LogP contribution in [0.3, 0.4) is 0 Å². The van der Waals surface area contributed by atoms with E-state index in [0.29, 0.717) is 24.0 Å². The Hall–Kier alpha value is -1.45. The Morgan fingerprint density at radius 2 is 1.93 bits per heavy atom. The van der Waals surface area contributed by atoms with Gasteiger partial charge >= 0.3 is 0 Å². The number of carbonyl (C=O) groups excluding carboxylic acids is 1. The number of hydrogen-bond acceptors (Lipinski definition) is 3. The topological polar surface area (TPSA) is 35.5 Å². The summed E-state index contributed by atoms with van der Waals surface area (Å²) in [5, 5.41) is 0. The number of methoxy groups -OCH3 is 2. The van der Waals surface area contributed by atoms with E-state index in [1.165, 1.54) is 23.1 Å². The normalized spacial score (nSPS) is 30.6. The highest BCUT2D eigenvalue weighted by atomic mass is 16.7. The average molecular weight is 369 g/mol. The molecule has 0 aliphatic heterocycles. The molecule has 0 saturated heterocycles. The van der Waals surface area contributed by atoms with Gasteiger partial charge in [0.2, 0.25) is 0 Å². The van der Waals surface area contributed by atoms with E-state index in [2.05, 4.69) is 32.9 Å². The molecule has 1 aromatic rings. The van der Waals surface area contributed by atoms with Crippen LogP contribution in [-0.2, 0) is 20.7 Å². The Kier molecular flexibility index (Phi) is 4.80. The maximum atomic E-state index is 12.0. The van der Waals surface area contributed by atoms with Crippen molar-refractivity contribution < 1.29 is 14.3 Å². The first kappa shape index (κ1) is 18.9. The number of benzene rings is 1. The third kappa shape index (κ3) is 2.82. The van der Waals surface area contributed by atoms with Crippen molar-refractivity contribution in [3.05, 3.63) is 46.0 Å². The van der Waals surface area contributed by atoms with Gasteiger partial charge < -0.3 is 9.47 Å². The number of ether oxygens (including phenoxy) is 2. The van der Waals surface area contributed by atoms with Crippen molar-refractivity contribution >= 4 is 5.78 Å². The van der Waals surface area contributed by atoms with Crippen LogP contribution in [-0.4, -0.2) is 26.3 Å². The fraction of sp³-hybridized carbons (Fsp3) is 0.625. The molecule has 27 heavy (non-hydrogen) atoms. The molecule has 4 atom stereocenters. The van der Waals surface area contributed by atoms with Gasteiger partial charge in [0.25, 0.3) is 0 Å². The first-order chi connectivity index (χ1) is 12.9. The minimum atomic E-state index is -0.221. The molecule has 4 rings (SSSR count). The molecule has 1 aromatic carbocycles. The first-order valence-corrected chi connectivity index (χ1v) is 10.3. The highest BCUT2D eigenvalue weighted by molar-refractivity contribution is 5.91. The lowest BCUT2D eigenvalue weighted by Crippen LogP contribution is -2.39. The summed E-state index contributed by atoms with van der Waals surface area (Å²) in [5.41, 5.74) is 7.44. The minimum absolute atomic E-state index is 0.190. The highest BCUT2D eigenvalue weighted by Gasteiger charge is 2.50. The van der Waals surface area contributed by atoms with Gasteiger partial charge in [-0.2, -0.15) is 0 Å². The van der Waals surface area contributed by atoms with Crippen molar-refractivity contribution in [3.8, 4) is 0 Å². The smallest absolute Gasteiger partial charge is 0.163 e. The molecule has 0 N–H and O–H groups in total. The van der Waals surface area contributed by atoms with E-state index in [1.807, 2.05) is 6.08 Å². The molecule has 1 fully saturated rings. The lowest BCUT2D eigenvalue weighted by atomic mass is 9.57. The molecule has 2 unspecified atom stereocenters. The van der Waals surface area contributed by atoms with Gasteiger partial charge in [0, 0.05) is 26.6 Å². The lowest BCUT2D eigenvalue weighted by molar-refractivity contribution is -0.116. The Labute approximate surface area is 163 Å². The van der Waals surface area contributed by atoms with Gasteiger partial charge in [-0.05, 0) is 78.2 Å². The number of rotatable bonds is 4. The van der Waals surface area contributed by atoms with E-state index in [0.717, 1.165) is 19.3 Å². The summed E-state index contributed by atoms with van der Waals surface area (Å²) >= 11 is 0. The second kappa shape index (κ2) is 6.86. The third-order valence-corrected chi connectivity index (χ3v) is 7.85. The van der Waals surface area contributed by atoms with Crippen LogP contribution >= 0.6 is 0 Å². The first-order valence-electron chi connectivity index (χ1n) is 10.3. The summed E-state index contributed by atoms with van der Waals surface area (Å²) in [6.45, 7) is 6.87. The van der Waals surface area contributed by atoms with Crippen LogP contribution in [0.5, 0.6) is 0 Å². The van der Waals surface area contributed by atoms with Crippen LogP contribution in [0.25, 0.3) is 0 Å².